The Balaban J connectivity index is 0.00000400. The van der Waals surface area contributed by atoms with Crippen LogP contribution in [0.5, 0.6) is 0 Å². The maximum atomic E-state index is 13.3. The monoisotopic (exact) mass is 776 g/mol. The molecule has 40 heavy (non-hydrogen) atoms. The molecule has 0 bridgehead atoms. The topological polar surface area (TPSA) is 92.3 Å². The number of rotatable bonds is 12. The highest BCUT2D eigenvalue weighted by Gasteiger charge is 2.30. The maximum absolute atomic E-state index is 13.3. The third-order valence-electron chi connectivity index (χ3n) is 8.40. The zero-order valence-electron chi connectivity index (χ0n) is 24.4. The van der Waals surface area contributed by atoms with Gasteiger partial charge in [-0.3, -0.25) is 19.2 Å². The zero-order chi connectivity index (χ0) is 28.1. The average Bonchev–Trinajstić information content (AvgIpc) is 2.93. The number of quaternary nitrogens is 2. The van der Waals surface area contributed by atoms with Crippen molar-refractivity contribution in [3.63, 3.8) is 0 Å². The molecule has 0 saturated heterocycles. The van der Waals surface area contributed by atoms with E-state index in [-0.39, 0.29) is 82.5 Å². The highest BCUT2D eigenvalue weighted by atomic mass is 127. The summed E-state index contributed by atoms with van der Waals surface area (Å²) in [5.41, 5.74) is 2.13. The molecular formula is C30H42I2N4O4. The van der Waals surface area contributed by atoms with E-state index < -0.39 is 0 Å². The molecule has 2 amide bonds. The van der Waals surface area contributed by atoms with Gasteiger partial charge in [0, 0.05) is 33.6 Å². The van der Waals surface area contributed by atoms with E-state index in [0.29, 0.717) is 35.3 Å². The van der Waals surface area contributed by atoms with Crippen molar-refractivity contribution in [3.8, 4) is 0 Å². The van der Waals surface area contributed by atoms with E-state index in [2.05, 4.69) is 52.4 Å². The van der Waals surface area contributed by atoms with E-state index in [0.717, 1.165) is 48.2 Å². The molecule has 8 nitrogen and oxygen atoms in total. The van der Waals surface area contributed by atoms with Crippen LogP contribution in [0.15, 0.2) is 36.4 Å². The molecule has 10 heteroatoms. The lowest BCUT2D eigenvalue weighted by molar-refractivity contribution is -0.905. The third kappa shape index (κ3) is 8.56. The van der Waals surface area contributed by atoms with Crippen molar-refractivity contribution < 1.29 is 76.1 Å². The second kappa shape index (κ2) is 15.4. The molecule has 0 atom stereocenters. The second-order valence-corrected chi connectivity index (χ2v) is 10.7. The van der Waals surface area contributed by atoms with Crippen LogP contribution >= 0.6 is 0 Å². The fourth-order valence-corrected chi connectivity index (χ4v) is 4.58. The second-order valence-electron chi connectivity index (χ2n) is 10.7. The number of amides is 2. The van der Waals surface area contributed by atoms with Gasteiger partial charge in [0.2, 0.25) is 11.8 Å². The van der Waals surface area contributed by atoms with Gasteiger partial charge in [-0.25, -0.2) is 0 Å². The molecule has 2 aromatic carbocycles. The normalized spacial score (nSPS) is 12.4. The lowest BCUT2D eigenvalue weighted by Gasteiger charge is -2.31. The number of benzene rings is 2. The van der Waals surface area contributed by atoms with Gasteiger partial charge in [0.15, 0.2) is 11.6 Å². The quantitative estimate of drug-likeness (QED) is 0.166. The molecule has 0 unspecified atom stereocenters. The number of hydrogen-bond acceptors (Lipinski definition) is 4. The minimum Gasteiger partial charge on any atom is -1.00 e. The minimum absolute atomic E-state index is 0. The number of carbonyl (C=O) groups excluding carboxylic acids is 4. The fraction of sp³-hybridized carbons (Fsp3) is 0.467. The zero-order valence-corrected chi connectivity index (χ0v) is 28.7. The Hall–Kier alpha value is -1.90. The Bertz CT molecular complexity index is 1140. The van der Waals surface area contributed by atoms with Crippen molar-refractivity contribution in [1.29, 1.82) is 0 Å². The van der Waals surface area contributed by atoms with Crippen LogP contribution < -0.4 is 58.6 Å². The van der Waals surface area contributed by atoms with Crippen molar-refractivity contribution in [2.24, 2.45) is 0 Å². The van der Waals surface area contributed by atoms with Crippen molar-refractivity contribution in [1.82, 2.24) is 0 Å². The molecule has 3 rings (SSSR count). The summed E-state index contributed by atoms with van der Waals surface area (Å²) in [5, 5.41) is 5.74. The third-order valence-corrected chi connectivity index (χ3v) is 8.40. The number of nitrogens with zero attached hydrogens (tertiary/aromatic N) is 2. The van der Waals surface area contributed by atoms with Crippen LogP contribution in [0.25, 0.3) is 0 Å². The molecule has 0 fully saturated rings. The first kappa shape index (κ1) is 36.1. The Labute approximate surface area is 272 Å². The summed E-state index contributed by atoms with van der Waals surface area (Å²) in [5.74, 6) is -0.792. The van der Waals surface area contributed by atoms with Crippen LogP contribution in [0.4, 0.5) is 11.4 Å². The van der Waals surface area contributed by atoms with Gasteiger partial charge in [0.05, 0.1) is 66.2 Å². The molecule has 0 heterocycles. The standard InChI is InChI=1S/C30H40N4O4.2HI/c1-7-33(5,8-2)17-15-27(35)31-21-11-13-23-25(19-21)29(37)24-14-12-22(20-26(24)30(23)38)32-28(36)16-18-34(6,9-3)10-4;;/h11-14,19-20H,7-10,15-18H2,1-6H3;2*1H. The first-order chi connectivity index (χ1) is 18.0. The number of anilines is 2. The van der Waals surface area contributed by atoms with Crippen LogP contribution in [0, 0.1) is 0 Å². The summed E-state index contributed by atoms with van der Waals surface area (Å²) in [6, 6.07) is 9.65. The van der Waals surface area contributed by atoms with Crippen LogP contribution in [-0.4, -0.2) is 85.7 Å². The average molecular weight is 776 g/mol. The van der Waals surface area contributed by atoms with E-state index >= 15 is 0 Å². The number of fused-ring (bicyclic) bond motifs is 2. The van der Waals surface area contributed by atoms with Crippen molar-refractivity contribution in [2.45, 2.75) is 40.5 Å². The summed E-state index contributed by atoms with van der Waals surface area (Å²) in [4.78, 5) is 51.7. The molecule has 1 aliphatic carbocycles. The molecule has 220 valence electrons. The molecule has 0 radical (unpaired) electrons. The predicted octanol–water partition coefficient (Wildman–Crippen LogP) is -1.90. The van der Waals surface area contributed by atoms with E-state index in [9.17, 15) is 19.2 Å². The molecule has 0 saturated carbocycles. The van der Waals surface area contributed by atoms with Crippen molar-refractivity contribution in [3.05, 3.63) is 58.7 Å². The van der Waals surface area contributed by atoms with E-state index in [1.807, 2.05) is 0 Å². The Kier molecular flexibility index (Phi) is 13.9. The number of ketones is 2. The van der Waals surface area contributed by atoms with Gasteiger partial charge in [-0.1, -0.05) is 0 Å². The number of hydrogen-bond donors (Lipinski definition) is 2. The van der Waals surface area contributed by atoms with Gasteiger partial charge >= 0.3 is 0 Å². The first-order valence-corrected chi connectivity index (χ1v) is 13.6. The SMILES string of the molecule is CC[N+](C)(CC)CCC(=O)Nc1ccc2c(c1)C(=O)c1ccc(NC(=O)CC[N+](C)(CC)CC)cc1C2=O.[I-].[I-]. The Morgan fingerprint density at radius 2 is 0.925 bits per heavy atom. The van der Waals surface area contributed by atoms with E-state index in [1.165, 1.54) is 0 Å². The summed E-state index contributed by atoms with van der Waals surface area (Å²) in [6.45, 7) is 13.7. The summed E-state index contributed by atoms with van der Waals surface area (Å²) in [6.07, 6.45) is 0.739. The highest BCUT2D eigenvalue weighted by molar-refractivity contribution is 6.29. The molecule has 2 N–H and O–H groups in total. The van der Waals surface area contributed by atoms with Gasteiger partial charge < -0.3 is 67.6 Å². The highest BCUT2D eigenvalue weighted by Crippen LogP contribution is 2.31. The van der Waals surface area contributed by atoms with E-state index in [4.69, 9.17) is 0 Å². The summed E-state index contributed by atoms with van der Waals surface area (Å²) >= 11 is 0. The van der Waals surface area contributed by atoms with Gasteiger partial charge in [-0.05, 0) is 64.1 Å². The minimum atomic E-state index is -0.274. The van der Waals surface area contributed by atoms with Crippen LogP contribution in [0.1, 0.15) is 72.4 Å². The van der Waals surface area contributed by atoms with Gasteiger partial charge in [0.1, 0.15) is 0 Å². The fourth-order valence-electron chi connectivity index (χ4n) is 4.58. The van der Waals surface area contributed by atoms with Crippen molar-refractivity contribution >= 4 is 34.8 Å². The smallest absolute Gasteiger partial charge is 0.230 e. The molecule has 0 aromatic heterocycles. The molecule has 0 spiro atoms. The Morgan fingerprint density at radius 1 is 0.600 bits per heavy atom. The molecule has 1 aliphatic rings. The Morgan fingerprint density at radius 3 is 1.23 bits per heavy atom. The van der Waals surface area contributed by atoms with Crippen LogP contribution in [0.2, 0.25) is 0 Å². The first-order valence-electron chi connectivity index (χ1n) is 13.6. The summed E-state index contributed by atoms with van der Waals surface area (Å²) < 4.78 is 1.61. The summed E-state index contributed by atoms with van der Waals surface area (Å²) in [7, 11) is 4.25. The molecule has 0 aliphatic heterocycles. The maximum Gasteiger partial charge on any atom is 0.230 e. The lowest BCUT2D eigenvalue weighted by atomic mass is 9.83. The van der Waals surface area contributed by atoms with Gasteiger partial charge in [-0.15, -0.1) is 0 Å². The van der Waals surface area contributed by atoms with Gasteiger partial charge in [-0.2, -0.15) is 0 Å². The number of nitrogens with one attached hydrogen (secondary N) is 2. The lowest BCUT2D eigenvalue weighted by Crippen LogP contribution is -3.00. The van der Waals surface area contributed by atoms with E-state index in [1.54, 1.807) is 36.4 Å². The van der Waals surface area contributed by atoms with Crippen LogP contribution in [-0.2, 0) is 9.59 Å². The number of halogens is 2. The van der Waals surface area contributed by atoms with Crippen molar-refractivity contribution in [2.75, 3.05) is 64.0 Å². The predicted molar refractivity (Wildman–Crippen MR) is 151 cm³/mol. The molecular weight excluding hydrogens is 734 g/mol. The van der Waals surface area contributed by atoms with Gasteiger partial charge in [0.25, 0.3) is 0 Å². The largest absolute Gasteiger partial charge is 1.00 e. The number of carbonyl (C=O) groups is 4. The van der Waals surface area contributed by atoms with Crippen LogP contribution in [0.3, 0.4) is 0 Å². The molecule has 2 aromatic rings.